The summed E-state index contributed by atoms with van der Waals surface area (Å²) < 4.78 is 5.46. The van der Waals surface area contributed by atoms with Crippen molar-refractivity contribution in [1.82, 2.24) is 5.32 Å². The number of hydrogen-bond donors (Lipinski definition) is 2. The topological polar surface area (TPSA) is 58.6 Å². The molecule has 0 saturated carbocycles. The van der Waals surface area contributed by atoms with Crippen LogP contribution in [0.5, 0.6) is 0 Å². The van der Waals surface area contributed by atoms with E-state index in [-0.39, 0.29) is 17.1 Å². The molecule has 0 aromatic carbocycles. The van der Waals surface area contributed by atoms with Gasteiger partial charge in [-0.05, 0) is 38.5 Å². The normalized spacial score (nSPS) is 14.8. The van der Waals surface area contributed by atoms with E-state index < -0.39 is 12.0 Å². The highest BCUT2D eigenvalue weighted by Gasteiger charge is 2.40. The van der Waals surface area contributed by atoms with Gasteiger partial charge in [-0.15, -0.1) is 0 Å². The maximum absolute atomic E-state index is 11.7. The van der Waals surface area contributed by atoms with Crippen LogP contribution in [-0.2, 0) is 9.53 Å². The molecular formula is C18H39NO3. The summed E-state index contributed by atoms with van der Waals surface area (Å²) in [4.78, 5) is 11.7. The van der Waals surface area contributed by atoms with Gasteiger partial charge in [0.15, 0.2) is 0 Å². The molecule has 0 aliphatic carbocycles. The molecule has 134 valence electrons. The zero-order chi connectivity index (χ0) is 18.0. The van der Waals surface area contributed by atoms with Crippen LogP contribution in [0.4, 0.5) is 0 Å². The number of rotatable bonds is 10. The Hall–Kier alpha value is -0.610. The van der Waals surface area contributed by atoms with E-state index in [1.54, 1.807) is 7.11 Å². The van der Waals surface area contributed by atoms with Crippen LogP contribution < -0.4 is 5.32 Å². The van der Waals surface area contributed by atoms with Crippen molar-refractivity contribution in [2.24, 2.45) is 5.41 Å². The van der Waals surface area contributed by atoms with Crippen molar-refractivity contribution in [2.45, 2.75) is 98.8 Å². The van der Waals surface area contributed by atoms with Gasteiger partial charge < -0.3 is 15.2 Å². The third kappa shape index (κ3) is 8.74. The molecule has 0 rings (SSSR count). The van der Waals surface area contributed by atoms with Crippen LogP contribution in [0, 0.1) is 5.41 Å². The largest absolute Gasteiger partial charge is 0.480 e. The lowest BCUT2D eigenvalue weighted by molar-refractivity contribution is -0.144. The van der Waals surface area contributed by atoms with E-state index in [0.29, 0.717) is 6.42 Å². The Labute approximate surface area is 138 Å². The van der Waals surface area contributed by atoms with Crippen LogP contribution >= 0.6 is 0 Å². The van der Waals surface area contributed by atoms with Gasteiger partial charge in [-0.3, -0.25) is 4.79 Å². The molecule has 0 heterocycles. The van der Waals surface area contributed by atoms with E-state index in [9.17, 15) is 9.90 Å². The molecule has 4 nitrogen and oxygen atoms in total. The average molecular weight is 318 g/mol. The fraction of sp³-hybridized carbons (Fsp3) is 0.944. The van der Waals surface area contributed by atoms with Crippen molar-refractivity contribution in [3.05, 3.63) is 0 Å². The maximum Gasteiger partial charge on any atom is 0.321 e. The molecule has 4 heteroatoms. The van der Waals surface area contributed by atoms with Crippen molar-refractivity contribution < 1.29 is 14.6 Å². The fourth-order valence-electron chi connectivity index (χ4n) is 2.89. The molecule has 0 spiro atoms. The second-order valence-corrected chi connectivity index (χ2v) is 6.96. The average Bonchev–Trinajstić information content (AvgIpc) is 2.43. The fourth-order valence-corrected chi connectivity index (χ4v) is 2.89. The van der Waals surface area contributed by atoms with E-state index in [0.717, 1.165) is 19.3 Å². The molecule has 22 heavy (non-hydrogen) atoms. The molecule has 0 aromatic heterocycles. The van der Waals surface area contributed by atoms with Gasteiger partial charge >= 0.3 is 5.97 Å². The van der Waals surface area contributed by atoms with Crippen LogP contribution in [0.2, 0.25) is 0 Å². The highest BCUT2D eigenvalue weighted by molar-refractivity contribution is 5.74. The quantitative estimate of drug-likeness (QED) is 0.624. The number of methoxy groups -OCH3 is 1. The number of carboxylic acids is 1. The van der Waals surface area contributed by atoms with Crippen LogP contribution in [0.25, 0.3) is 0 Å². The Balaban J connectivity index is 0. The number of ether oxygens (including phenoxy) is 1. The summed E-state index contributed by atoms with van der Waals surface area (Å²) >= 11 is 0. The molecule has 0 amide bonds. The SMILES string of the molecule is CC.CCCC(CC)NC(C(=O)O)C(C)(C)CC(C)(C)OC. The van der Waals surface area contributed by atoms with Crippen molar-refractivity contribution in [3.63, 3.8) is 0 Å². The van der Waals surface area contributed by atoms with Gasteiger partial charge in [-0.25, -0.2) is 0 Å². The van der Waals surface area contributed by atoms with Crippen molar-refractivity contribution >= 4 is 5.97 Å². The first-order chi connectivity index (χ1) is 10.1. The molecule has 2 unspecified atom stereocenters. The molecule has 0 aliphatic heterocycles. The van der Waals surface area contributed by atoms with Gasteiger partial charge in [0.2, 0.25) is 0 Å². The summed E-state index contributed by atoms with van der Waals surface area (Å²) in [5, 5.41) is 12.9. The van der Waals surface area contributed by atoms with Crippen LogP contribution in [0.15, 0.2) is 0 Å². The summed E-state index contributed by atoms with van der Waals surface area (Å²) in [7, 11) is 1.67. The smallest absolute Gasteiger partial charge is 0.321 e. The van der Waals surface area contributed by atoms with E-state index in [1.165, 1.54) is 0 Å². The predicted octanol–water partition coefficient (Wildman–Crippen LogP) is 4.48. The van der Waals surface area contributed by atoms with Crippen LogP contribution in [0.1, 0.15) is 81.1 Å². The minimum Gasteiger partial charge on any atom is -0.480 e. The third-order valence-corrected chi connectivity index (χ3v) is 3.99. The minimum atomic E-state index is -0.781. The number of carboxylic acid groups (broad SMARTS) is 1. The Bertz CT molecular complexity index is 301. The number of hydrogen-bond acceptors (Lipinski definition) is 3. The molecule has 0 fully saturated rings. The van der Waals surface area contributed by atoms with Crippen molar-refractivity contribution in [2.75, 3.05) is 7.11 Å². The molecule has 2 N–H and O–H groups in total. The highest BCUT2D eigenvalue weighted by Crippen LogP contribution is 2.33. The van der Waals surface area contributed by atoms with E-state index in [2.05, 4.69) is 19.2 Å². The van der Waals surface area contributed by atoms with Crippen molar-refractivity contribution in [3.8, 4) is 0 Å². The molecule has 0 aromatic rings. The van der Waals surface area contributed by atoms with Crippen LogP contribution in [-0.4, -0.2) is 35.9 Å². The summed E-state index contributed by atoms with van der Waals surface area (Å²) in [6.45, 7) is 16.2. The van der Waals surface area contributed by atoms with Gasteiger partial charge in [0, 0.05) is 13.2 Å². The standard InChI is InChI=1S/C16H33NO3.C2H6/c1-8-10-12(9-2)17-13(14(18)19)15(3,4)11-16(5,6)20-7;1-2/h12-13,17H,8-11H2,1-7H3,(H,18,19);1-2H3. The van der Waals surface area contributed by atoms with E-state index in [1.807, 2.05) is 41.5 Å². The van der Waals surface area contributed by atoms with Crippen LogP contribution in [0.3, 0.4) is 0 Å². The molecule has 2 atom stereocenters. The predicted molar refractivity (Wildman–Crippen MR) is 94.4 cm³/mol. The van der Waals surface area contributed by atoms with Gasteiger partial charge in [-0.2, -0.15) is 0 Å². The lowest BCUT2D eigenvalue weighted by atomic mass is 9.75. The third-order valence-electron chi connectivity index (χ3n) is 3.99. The number of nitrogens with one attached hydrogen (secondary N) is 1. The second-order valence-electron chi connectivity index (χ2n) is 6.96. The molecule has 0 saturated heterocycles. The van der Waals surface area contributed by atoms with Gasteiger partial charge in [0.1, 0.15) is 6.04 Å². The van der Waals surface area contributed by atoms with Crippen molar-refractivity contribution in [1.29, 1.82) is 0 Å². The summed E-state index contributed by atoms with van der Waals surface area (Å²) in [5.41, 5.74) is -0.710. The Morgan fingerprint density at radius 1 is 1.18 bits per heavy atom. The minimum absolute atomic E-state index is 0.256. The second kappa shape index (κ2) is 11.0. The zero-order valence-corrected chi connectivity index (χ0v) is 16.2. The van der Waals surface area contributed by atoms with Gasteiger partial charge in [-0.1, -0.05) is 48.0 Å². The first kappa shape index (κ1) is 23.7. The molecular weight excluding hydrogens is 278 g/mol. The molecule has 0 radical (unpaired) electrons. The lowest BCUT2D eigenvalue weighted by Crippen LogP contribution is -2.53. The van der Waals surface area contributed by atoms with E-state index in [4.69, 9.17) is 4.74 Å². The molecule has 0 aliphatic rings. The summed E-state index contributed by atoms with van der Waals surface area (Å²) in [6, 6.07) is -0.306. The monoisotopic (exact) mass is 317 g/mol. The first-order valence-electron chi connectivity index (χ1n) is 8.63. The Morgan fingerprint density at radius 3 is 2.00 bits per heavy atom. The summed E-state index contributed by atoms with van der Waals surface area (Å²) in [5.74, 6) is -0.781. The number of aliphatic carboxylic acids is 1. The molecule has 0 bridgehead atoms. The Morgan fingerprint density at radius 2 is 1.68 bits per heavy atom. The summed E-state index contributed by atoms with van der Waals surface area (Å²) in [6.07, 6.45) is 3.69. The zero-order valence-electron chi connectivity index (χ0n) is 16.2. The number of carbonyl (C=O) groups is 1. The van der Waals surface area contributed by atoms with Gasteiger partial charge in [0.25, 0.3) is 0 Å². The lowest BCUT2D eigenvalue weighted by Gasteiger charge is -2.39. The highest BCUT2D eigenvalue weighted by atomic mass is 16.5. The maximum atomic E-state index is 11.7. The van der Waals surface area contributed by atoms with E-state index >= 15 is 0 Å². The first-order valence-corrected chi connectivity index (χ1v) is 8.63. The van der Waals surface area contributed by atoms with Gasteiger partial charge in [0.05, 0.1) is 5.60 Å². The Kier molecular flexibility index (Phi) is 11.8.